The summed E-state index contributed by atoms with van der Waals surface area (Å²) in [6.45, 7) is 2.58. The van der Waals surface area contributed by atoms with E-state index in [0.29, 0.717) is 42.7 Å². The number of piperidine rings is 1. The zero-order chi connectivity index (χ0) is 30.2. The van der Waals surface area contributed by atoms with Gasteiger partial charge in [0.25, 0.3) is 0 Å². The molecule has 6 heterocycles. The van der Waals surface area contributed by atoms with Gasteiger partial charge in [-0.3, -0.25) is 9.88 Å². The molecule has 2 aromatic heterocycles. The van der Waals surface area contributed by atoms with Gasteiger partial charge in [0.05, 0.1) is 35.2 Å². The Morgan fingerprint density at radius 2 is 2.09 bits per heavy atom. The molecule has 0 radical (unpaired) electrons. The van der Waals surface area contributed by atoms with Gasteiger partial charge in [-0.25, -0.2) is 13.2 Å². The summed E-state index contributed by atoms with van der Waals surface area (Å²) >= 11 is 0. The Kier molecular flexibility index (Phi) is 6.36. The Balaban J connectivity index is 1.28. The van der Waals surface area contributed by atoms with Crippen molar-refractivity contribution in [1.82, 2.24) is 19.9 Å². The molecule has 4 aliphatic heterocycles. The number of ether oxygens (including phenoxy) is 2. The molecule has 0 saturated carbocycles. The first-order valence-electron chi connectivity index (χ1n) is 15.0. The molecule has 8 nitrogen and oxygen atoms in total. The molecule has 2 aromatic carbocycles. The van der Waals surface area contributed by atoms with Gasteiger partial charge in [0, 0.05) is 36.7 Å². The highest BCUT2D eigenvalue weighted by Gasteiger charge is 2.49. The first-order chi connectivity index (χ1) is 21.3. The van der Waals surface area contributed by atoms with E-state index in [1.165, 1.54) is 30.5 Å². The fourth-order valence-electron chi connectivity index (χ4n) is 7.74. The van der Waals surface area contributed by atoms with Crippen LogP contribution in [0, 0.1) is 24.0 Å². The van der Waals surface area contributed by atoms with Crippen molar-refractivity contribution >= 4 is 27.5 Å². The van der Waals surface area contributed by atoms with Crippen molar-refractivity contribution in [3.63, 3.8) is 0 Å². The second-order valence-electron chi connectivity index (χ2n) is 12.4. The normalized spacial score (nSPS) is 26.4. The number of rotatable bonds is 5. The van der Waals surface area contributed by atoms with Crippen molar-refractivity contribution in [2.24, 2.45) is 0 Å². The molecule has 2 bridgehead atoms. The molecule has 4 saturated heterocycles. The quantitative estimate of drug-likeness (QED) is 0.315. The molecular formula is C33H30F3N5O3. The summed E-state index contributed by atoms with van der Waals surface area (Å²) in [6, 6.07) is 5.50. The van der Waals surface area contributed by atoms with Crippen LogP contribution < -0.4 is 9.64 Å². The van der Waals surface area contributed by atoms with E-state index in [1.807, 2.05) is 0 Å². The predicted molar refractivity (Wildman–Crippen MR) is 158 cm³/mol. The van der Waals surface area contributed by atoms with E-state index in [-0.39, 0.29) is 58.2 Å². The molecule has 4 aromatic rings. The second-order valence-corrected chi connectivity index (χ2v) is 12.4. The smallest absolute Gasteiger partial charge is 0.319 e. The Morgan fingerprint density at radius 1 is 1.20 bits per heavy atom. The van der Waals surface area contributed by atoms with E-state index in [0.717, 1.165) is 32.2 Å². The molecule has 4 aliphatic rings. The lowest BCUT2D eigenvalue weighted by Gasteiger charge is -2.34. The molecule has 0 aliphatic carbocycles. The van der Waals surface area contributed by atoms with Crippen LogP contribution in [0.15, 0.2) is 30.5 Å². The summed E-state index contributed by atoms with van der Waals surface area (Å²) in [6.07, 6.45) is 10.2. The number of alkyl halides is 1. The van der Waals surface area contributed by atoms with Crippen LogP contribution in [0.2, 0.25) is 0 Å². The molecular weight excluding hydrogens is 571 g/mol. The van der Waals surface area contributed by atoms with E-state index in [4.69, 9.17) is 20.9 Å². The topological polar surface area (TPSA) is 83.8 Å². The minimum Gasteiger partial charge on any atom is -0.508 e. The van der Waals surface area contributed by atoms with Gasteiger partial charge in [-0.2, -0.15) is 9.97 Å². The average molecular weight is 602 g/mol. The fraction of sp³-hybridized carbons (Fsp3) is 0.424. The Labute approximate surface area is 251 Å². The third kappa shape index (κ3) is 4.26. The van der Waals surface area contributed by atoms with Gasteiger partial charge in [0.1, 0.15) is 41.4 Å². The highest BCUT2D eigenvalue weighted by atomic mass is 19.1. The first kappa shape index (κ1) is 27.4. The number of fused-ring (bicyclic) bond motifs is 5. The number of pyridine rings is 1. The highest BCUT2D eigenvalue weighted by molar-refractivity contribution is 6.03. The molecule has 44 heavy (non-hydrogen) atoms. The van der Waals surface area contributed by atoms with Gasteiger partial charge < -0.3 is 19.5 Å². The number of aromatic hydroxyl groups is 1. The number of hydrogen-bond acceptors (Lipinski definition) is 8. The third-order valence-corrected chi connectivity index (χ3v) is 9.79. The summed E-state index contributed by atoms with van der Waals surface area (Å²) < 4.78 is 58.1. The van der Waals surface area contributed by atoms with Crippen molar-refractivity contribution in [2.45, 2.75) is 56.0 Å². The molecule has 2 unspecified atom stereocenters. The van der Waals surface area contributed by atoms with Crippen LogP contribution in [-0.4, -0.2) is 81.7 Å². The van der Waals surface area contributed by atoms with Crippen LogP contribution in [0.4, 0.5) is 19.0 Å². The number of benzene rings is 2. The van der Waals surface area contributed by atoms with Crippen LogP contribution in [0.3, 0.4) is 0 Å². The number of hydrogen-bond donors (Lipinski definition) is 1. The molecule has 4 fully saturated rings. The fourth-order valence-corrected chi connectivity index (χ4v) is 7.74. The number of phenols is 1. The zero-order valence-corrected chi connectivity index (χ0v) is 23.9. The van der Waals surface area contributed by atoms with Gasteiger partial charge in [-0.1, -0.05) is 12.0 Å². The Bertz CT molecular complexity index is 1870. The van der Waals surface area contributed by atoms with Crippen molar-refractivity contribution in [2.75, 3.05) is 37.7 Å². The SMILES string of the molecule is C#Cc1c(F)ccc2cc(O)cc(-c3ncc4c(N5CCC6CC5CO6)nc(OC[C@@]56CCCN5C[C@H](F)C6)nc4c3F)c12. The van der Waals surface area contributed by atoms with Crippen LogP contribution in [-0.2, 0) is 4.74 Å². The van der Waals surface area contributed by atoms with Crippen LogP contribution in [0.5, 0.6) is 11.8 Å². The van der Waals surface area contributed by atoms with E-state index < -0.39 is 23.3 Å². The largest absolute Gasteiger partial charge is 0.508 e. The van der Waals surface area contributed by atoms with Crippen LogP contribution in [0.1, 0.15) is 37.7 Å². The van der Waals surface area contributed by atoms with Gasteiger partial charge in [0.15, 0.2) is 5.82 Å². The molecule has 1 N–H and O–H groups in total. The molecule has 4 atom stereocenters. The summed E-state index contributed by atoms with van der Waals surface area (Å²) in [7, 11) is 0. The summed E-state index contributed by atoms with van der Waals surface area (Å²) in [5, 5.41) is 11.6. The van der Waals surface area contributed by atoms with E-state index in [9.17, 15) is 13.9 Å². The maximum absolute atomic E-state index is 16.7. The van der Waals surface area contributed by atoms with Gasteiger partial charge >= 0.3 is 6.01 Å². The minimum atomic E-state index is -0.920. The average Bonchev–Trinajstić information content (AvgIpc) is 3.67. The lowest BCUT2D eigenvalue weighted by Crippen LogP contribution is -2.43. The maximum Gasteiger partial charge on any atom is 0.319 e. The predicted octanol–water partition coefficient (Wildman–Crippen LogP) is 5.13. The summed E-state index contributed by atoms with van der Waals surface area (Å²) in [5.74, 6) is 1.28. The van der Waals surface area contributed by atoms with E-state index >= 15 is 4.39 Å². The van der Waals surface area contributed by atoms with Crippen molar-refractivity contribution < 1.29 is 27.8 Å². The molecule has 226 valence electrons. The van der Waals surface area contributed by atoms with Gasteiger partial charge in [0.2, 0.25) is 0 Å². The Hall–Kier alpha value is -4.14. The second kappa shape index (κ2) is 10.2. The number of halogens is 3. The van der Waals surface area contributed by atoms with Crippen LogP contribution in [0.25, 0.3) is 32.9 Å². The lowest BCUT2D eigenvalue weighted by molar-refractivity contribution is 0.107. The number of aromatic nitrogens is 3. The number of anilines is 1. The summed E-state index contributed by atoms with van der Waals surface area (Å²) in [5.41, 5.74) is -0.524. The maximum atomic E-state index is 16.7. The minimum absolute atomic E-state index is 0.00996. The molecule has 11 heteroatoms. The summed E-state index contributed by atoms with van der Waals surface area (Å²) in [4.78, 5) is 18.0. The third-order valence-electron chi connectivity index (χ3n) is 9.79. The standard InChI is InChI=1S/C33H30F3N5O3/c1-2-23-26(35)5-4-18-10-21(42)12-24(27(18)23)29-28(36)30-25(14-37-29)31(41-9-6-22-11-20(41)16-43-22)39-32(38-30)44-17-33-7-3-8-40(33)15-19(34)13-33/h1,4-5,10,12,14,19-20,22,42H,3,6-9,11,13,15-17H2/t19-,20?,22?,33+/m1/s1. The monoisotopic (exact) mass is 601 g/mol. The number of nitrogens with zero attached hydrogens (tertiary/aromatic N) is 5. The van der Waals surface area contributed by atoms with Gasteiger partial charge in [-0.15, -0.1) is 6.42 Å². The van der Waals surface area contributed by atoms with E-state index in [1.54, 1.807) is 0 Å². The Morgan fingerprint density at radius 3 is 2.95 bits per heavy atom. The van der Waals surface area contributed by atoms with Crippen molar-refractivity contribution in [1.29, 1.82) is 0 Å². The molecule has 0 spiro atoms. The van der Waals surface area contributed by atoms with Crippen molar-refractivity contribution in [3.05, 3.63) is 47.7 Å². The lowest BCUT2D eigenvalue weighted by atomic mass is 9.95. The van der Waals surface area contributed by atoms with Crippen molar-refractivity contribution in [3.8, 4) is 35.4 Å². The first-order valence-corrected chi connectivity index (χ1v) is 15.0. The van der Waals surface area contributed by atoms with E-state index in [2.05, 4.69) is 25.7 Å². The number of phenolic OH excluding ortho intramolecular Hbond substituents is 1. The number of terminal acetylenes is 1. The molecule has 0 amide bonds. The highest BCUT2D eigenvalue weighted by Crippen LogP contribution is 2.42. The molecule has 8 rings (SSSR count). The van der Waals surface area contributed by atoms with Crippen LogP contribution >= 0.6 is 0 Å². The van der Waals surface area contributed by atoms with Gasteiger partial charge in [-0.05, 0) is 55.8 Å². The zero-order valence-electron chi connectivity index (χ0n) is 23.9.